The standard InChI is InChI=1S/C14H17F3N2O2/c15-14(16,17)11-3-1-2-4-12(11)18-13(21)19-7-5-10(9-20)6-8-19/h1-4,10,20H,5-9H2,(H,18,21). The zero-order chi connectivity index (χ0) is 15.5. The summed E-state index contributed by atoms with van der Waals surface area (Å²) in [5.74, 6) is 0.163. The van der Waals surface area contributed by atoms with Crippen molar-refractivity contribution in [1.82, 2.24) is 4.90 Å². The molecule has 0 saturated carbocycles. The minimum atomic E-state index is -4.51. The summed E-state index contributed by atoms with van der Waals surface area (Å²) in [4.78, 5) is 13.5. The predicted molar refractivity (Wildman–Crippen MR) is 71.8 cm³/mol. The molecule has 2 N–H and O–H groups in total. The van der Waals surface area contributed by atoms with Crippen LogP contribution in [0.3, 0.4) is 0 Å². The lowest BCUT2D eigenvalue weighted by Crippen LogP contribution is -2.41. The van der Waals surface area contributed by atoms with E-state index in [4.69, 9.17) is 5.11 Å². The highest BCUT2D eigenvalue weighted by Gasteiger charge is 2.34. The van der Waals surface area contributed by atoms with Crippen molar-refractivity contribution >= 4 is 11.7 Å². The molecule has 7 heteroatoms. The van der Waals surface area contributed by atoms with Crippen LogP contribution in [-0.4, -0.2) is 35.7 Å². The number of aliphatic hydroxyl groups is 1. The van der Waals surface area contributed by atoms with Crippen LogP contribution in [0, 0.1) is 5.92 Å². The third-order valence-corrected chi connectivity index (χ3v) is 3.63. The van der Waals surface area contributed by atoms with E-state index < -0.39 is 17.8 Å². The minimum Gasteiger partial charge on any atom is -0.396 e. The van der Waals surface area contributed by atoms with Crippen LogP contribution in [0.1, 0.15) is 18.4 Å². The summed E-state index contributed by atoms with van der Waals surface area (Å²) in [6, 6.07) is 4.37. The molecule has 1 aromatic carbocycles. The summed E-state index contributed by atoms with van der Waals surface area (Å²) in [7, 11) is 0. The van der Waals surface area contributed by atoms with Crippen LogP contribution in [-0.2, 0) is 6.18 Å². The number of rotatable bonds is 2. The lowest BCUT2D eigenvalue weighted by molar-refractivity contribution is -0.136. The van der Waals surface area contributed by atoms with Crippen molar-refractivity contribution < 1.29 is 23.1 Å². The maximum Gasteiger partial charge on any atom is 0.418 e. The van der Waals surface area contributed by atoms with Crippen LogP contribution in [0.5, 0.6) is 0 Å². The Kier molecular flexibility index (Phi) is 4.72. The first-order valence-electron chi connectivity index (χ1n) is 6.75. The van der Waals surface area contributed by atoms with Gasteiger partial charge in [0, 0.05) is 19.7 Å². The number of nitrogens with zero attached hydrogens (tertiary/aromatic N) is 1. The van der Waals surface area contributed by atoms with E-state index in [1.54, 1.807) is 0 Å². The van der Waals surface area contributed by atoms with E-state index in [9.17, 15) is 18.0 Å². The highest BCUT2D eigenvalue weighted by atomic mass is 19.4. The van der Waals surface area contributed by atoms with Gasteiger partial charge in [-0.05, 0) is 30.9 Å². The number of benzene rings is 1. The Morgan fingerprint density at radius 2 is 1.90 bits per heavy atom. The molecule has 1 heterocycles. The van der Waals surface area contributed by atoms with Crippen LogP contribution in [0.25, 0.3) is 0 Å². The third-order valence-electron chi connectivity index (χ3n) is 3.63. The number of urea groups is 1. The Morgan fingerprint density at radius 1 is 1.29 bits per heavy atom. The average Bonchev–Trinajstić information content (AvgIpc) is 2.47. The van der Waals surface area contributed by atoms with Crippen LogP contribution >= 0.6 is 0 Å². The normalized spacial score (nSPS) is 16.9. The molecule has 1 aliphatic heterocycles. The number of piperidine rings is 1. The maximum absolute atomic E-state index is 12.8. The number of amides is 2. The number of alkyl halides is 3. The molecule has 21 heavy (non-hydrogen) atoms. The van der Waals surface area contributed by atoms with Gasteiger partial charge in [-0.25, -0.2) is 4.79 Å². The molecule has 4 nitrogen and oxygen atoms in total. The second kappa shape index (κ2) is 6.34. The fraction of sp³-hybridized carbons (Fsp3) is 0.500. The molecule has 1 aliphatic rings. The molecule has 1 aromatic rings. The number of nitrogens with one attached hydrogen (secondary N) is 1. The third kappa shape index (κ3) is 3.87. The smallest absolute Gasteiger partial charge is 0.396 e. The molecule has 0 unspecified atom stereocenters. The van der Waals surface area contributed by atoms with Crippen LogP contribution in [0.4, 0.5) is 23.7 Å². The fourth-order valence-corrected chi connectivity index (χ4v) is 2.35. The molecule has 1 fully saturated rings. The summed E-state index contributed by atoms with van der Waals surface area (Å²) in [5.41, 5.74) is -1.09. The second-order valence-corrected chi connectivity index (χ2v) is 5.09. The number of aliphatic hydroxyl groups excluding tert-OH is 1. The maximum atomic E-state index is 12.8. The largest absolute Gasteiger partial charge is 0.418 e. The molecular formula is C14H17F3N2O2. The molecule has 116 valence electrons. The Balaban J connectivity index is 2.04. The number of hydrogen-bond acceptors (Lipinski definition) is 2. The van der Waals surface area contributed by atoms with Crippen molar-refractivity contribution in [3.05, 3.63) is 29.8 Å². The molecule has 0 aromatic heterocycles. The van der Waals surface area contributed by atoms with E-state index in [0.717, 1.165) is 6.07 Å². The Morgan fingerprint density at radius 3 is 2.48 bits per heavy atom. The van der Waals surface area contributed by atoms with E-state index in [2.05, 4.69) is 5.32 Å². The summed E-state index contributed by atoms with van der Waals surface area (Å²) in [6.07, 6.45) is -3.19. The van der Waals surface area contributed by atoms with E-state index in [-0.39, 0.29) is 18.2 Å². The number of anilines is 1. The molecule has 1 saturated heterocycles. The van der Waals surface area contributed by atoms with Gasteiger partial charge in [-0.1, -0.05) is 12.1 Å². The van der Waals surface area contributed by atoms with Gasteiger partial charge in [0.1, 0.15) is 0 Å². The quantitative estimate of drug-likeness (QED) is 0.882. The zero-order valence-electron chi connectivity index (χ0n) is 11.4. The Bertz CT molecular complexity index is 497. The Labute approximate surface area is 120 Å². The molecule has 2 amide bonds. The summed E-state index contributed by atoms with van der Waals surface area (Å²) < 4.78 is 38.5. The van der Waals surface area contributed by atoms with Gasteiger partial charge in [0.2, 0.25) is 0 Å². The van der Waals surface area contributed by atoms with E-state index >= 15 is 0 Å². The van der Waals surface area contributed by atoms with Crippen LogP contribution < -0.4 is 5.32 Å². The zero-order valence-corrected chi connectivity index (χ0v) is 11.4. The van der Waals surface area contributed by atoms with Gasteiger partial charge in [0.15, 0.2) is 0 Å². The summed E-state index contributed by atoms with van der Waals surface area (Å²) >= 11 is 0. The van der Waals surface area contributed by atoms with Gasteiger partial charge in [-0.15, -0.1) is 0 Å². The molecule has 0 radical (unpaired) electrons. The molecule has 0 bridgehead atoms. The van der Waals surface area contributed by atoms with Gasteiger partial charge in [-0.2, -0.15) is 13.2 Å². The number of halogens is 3. The van der Waals surface area contributed by atoms with Crippen molar-refractivity contribution in [2.24, 2.45) is 5.92 Å². The van der Waals surface area contributed by atoms with Gasteiger partial charge in [0.05, 0.1) is 11.3 Å². The van der Waals surface area contributed by atoms with Crippen LogP contribution in [0.2, 0.25) is 0 Å². The van der Waals surface area contributed by atoms with Crippen molar-refractivity contribution in [2.75, 3.05) is 25.0 Å². The molecule has 0 aliphatic carbocycles. The summed E-state index contributed by atoms with van der Waals surface area (Å²) in [5, 5.41) is 11.4. The lowest BCUT2D eigenvalue weighted by atomic mass is 9.98. The second-order valence-electron chi connectivity index (χ2n) is 5.09. The van der Waals surface area contributed by atoms with Gasteiger partial charge in [-0.3, -0.25) is 0 Å². The van der Waals surface area contributed by atoms with Crippen LogP contribution in [0.15, 0.2) is 24.3 Å². The SMILES string of the molecule is O=C(Nc1ccccc1C(F)(F)F)N1CCC(CO)CC1. The summed E-state index contributed by atoms with van der Waals surface area (Å²) in [6.45, 7) is 0.947. The number of carbonyl (C=O) groups is 1. The monoisotopic (exact) mass is 302 g/mol. The van der Waals surface area contributed by atoms with Gasteiger partial charge in [0.25, 0.3) is 0 Å². The van der Waals surface area contributed by atoms with Crippen molar-refractivity contribution in [3.63, 3.8) is 0 Å². The first kappa shape index (κ1) is 15.6. The van der Waals surface area contributed by atoms with Crippen molar-refractivity contribution in [1.29, 1.82) is 0 Å². The Hall–Kier alpha value is -1.76. The van der Waals surface area contributed by atoms with Gasteiger partial charge >= 0.3 is 12.2 Å². The number of likely N-dealkylation sites (tertiary alicyclic amines) is 1. The minimum absolute atomic E-state index is 0.0758. The first-order chi connectivity index (χ1) is 9.91. The van der Waals surface area contributed by atoms with Gasteiger partial charge < -0.3 is 15.3 Å². The number of carbonyl (C=O) groups excluding carboxylic acids is 1. The fourth-order valence-electron chi connectivity index (χ4n) is 2.35. The van der Waals surface area contributed by atoms with E-state index in [0.29, 0.717) is 25.9 Å². The highest BCUT2D eigenvalue weighted by molar-refractivity contribution is 5.90. The number of para-hydroxylation sites is 1. The van der Waals surface area contributed by atoms with Crippen molar-refractivity contribution in [3.8, 4) is 0 Å². The topological polar surface area (TPSA) is 52.6 Å². The molecule has 0 spiro atoms. The first-order valence-corrected chi connectivity index (χ1v) is 6.75. The van der Waals surface area contributed by atoms with E-state index in [1.165, 1.54) is 23.1 Å². The van der Waals surface area contributed by atoms with Crippen molar-refractivity contribution in [2.45, 2.75) is 19.0 Å². The predicted octanol–water partition coefficient (Wildman–Crippen LogP) is 2.94. The van der Waals surface area contributed by atoms with E-state index in [1.807, 2.05) is 0 Å². The average molecular weight is 302 g/mol. The molecular weight excluding hydrogens is 285 g/mol. The molecule has 0 atom stereocenters. The highest BCUT2D eigenvalue weighted by Crippen LogP contribution is 2.34. The molecule has 2 rings (SSSR count). The lowest BCUT2D eigenvalue weighted by Gasteiger charge is -2.31. The number of hydrogen-bond donors (Lipinski definition) is 2.